The molecule has 0 radical (unpaired) electrons. The molecule has 0 bridgehead atoms. The number of thiazole rings is 1. The van der Waals surface area contributed by atoms with E-state index < -0.39 is 5.97 Å². The minimum Gasteiger partial charge on any atom is -0.465 e. The van der Waals surface area contributed by atoms with E-state index in [2.05, 4.69) is 21.1 Å². The number of amides is 1. The van der Waals surface area contributed by atoms with Gasteiger partial charge in [-0.1, -0.05) is 24.3 Å². The maximum absolute atomic E-state index is 12.4. The molecule has 0 aliphatic carbocycles. The number of benzene rings is 3. The Labute approximate surface area is 172 Å². The molecule has 0 atom stereocenters. The Morgan fingerprint density at radius 1 is 0.931 bits per heavy atom. The van der Waals surface area contributed by atoms with Crippen molar-refractivity contribution in [2.75, 3.05) is 12.4 Å². The van der Waals surface area contributed by atoms with Gasteiger partial charge >= 0.3 is 5.97 Å². The molecule has 4 aromatic rings. The van der Waals surface area contributed by atoms with E-state index in [9.17, 15) is 9.59 Å². The van der Waals surface area contributed by atoms with E-state index in [-0.39, 0.29) is 5.91 Å². The van der Waals surface area contributed by atoms with Crippen LogP contribution in [-0.2, 0) is 11.2 Å². The number of hydrogen-bond donors (Lipinski definition) is 1. The van der Waals surface area contributed by atoms with Gasteiger partial charge < -0.3 is 10.1 Å². The number of rotatable bonds is 5. The number of methoxy groups -OCH3 is 1. The predicted molar refractivity (Wildman–Crippen MR) is 115 cm³/mol. The minimum atomic E-state index is -0.430. The van der Waals surface area contributed by atoms with Crippen LogP contribution in [0.1, 0.15) is 31.3 Å². The van der Waals surface area contributed by atoms with Gasteiger partial charge in [-0.2, -0.15) is 0 Å². The highest BCUT2D eigenvalue weighted by molar-refractivity contribution is 7.18. The fourth-order valence-electron chi connectivity index (χ4n) is 2.95. The second-order valence-corrected chi connectivity index (χ2v) is 7.59. The summed E-state index contributed by atoms with van der Waals surface area (Å²) in [5.41, 5.74) is 3.73. The zero-order chi connectivity index (χ0) is 20.2. The van der Waals surface area contributed by atoms with Crippen molar-refractivity contribution in [2.45, 2.75) is 6.42 Å². The van der Waals surface area contributed by atoms with Crippen LogP contribution in [0, 0.1) is 0 Å². The summed E-state index contributed by atoms with van der Waals surface area (Å²) in [7, 11) is 1.32. The van der Waals surface area contributed by atoms with Gasteiger partial charge in [0.05, 0.1) is 27.9 Å². The van der Waals surface area contributed by atoms with E-state index in [1.807, 2.05) is 42.5 Å². The number of hydrogen-bond acceptors (Lipinski definition) is 5. The van der Waals surface area contributed by atoms with Crippen LogP contribution in [0.4, 0.5) is 5.69 Å². The molecule has 0 unspecified atom stereocenters. The molecular formula is C23H18N2O3S. The maximum atomic E-state index is 12.4. The lowest BCUT2D eigenvalue weighted by Gasteiger charge is -2.07. The number of nitrogens with zero attached hydrogens (tertiary/aromatic N) is 1. The number of aromatic nitrogens is 1. The third-order valence-corrected chi connectivity index (χ3v) is 5.51. The van der Waals surface area contributed by atoms with Gasteiger partial charge in [-0.15, -0.1) is 11.3 Å². The molecule has 1 heterocycles. The summed E-state index contributed by atoms with van der Waals surface area (Å²) in [6, 6.07) is 22.2. The van der Waals surface area contributed by atoms with Crippen LogP contribution in [0.3, 0.4) is 0 Å². The first-order chi connectivity index (χ1) is 14.1. The molecule has 29 heavy (non-hydrogen) atoms. The van der Waals surface area contributed by atoms with Gasteiger partial charge in [-0.05, 0) is 54.1 Å². The lowest BCUT2D eigenvalue weighted by atomic mass is 10.1. The smallest absolute Gasteiger partial charge is 0.337 e. The van der Waals surface area contributed by atoms with Gasteiger partial charge in [0.2, 0.25) is 0 Å². The quantitative estimate of drug-likeness (QED) is 0.481. The van der Waals surface area contributed by atoms with Crippen molar-refractivity contribution in [1.29, 1.82) is 0 Å². The number of nitrogens with one attached hydrogen (secondary N) is 1. The lowest BCUT2D eigenvalue weighted by molar-refractivity contribution is 0.0600. The first-order valence-electron chi connectivity index (χ1n) is 9.05. The maximum Gasteiger partial charge on any atom is 0.337 e. The van der Waals surface area contributed by atoms with E-state index in [0.717, 1.165) is 22.5 Å². The summed E-state index contributed by atoms with van der Waals surface area (Å²) >= 11 is 1.70. The normalized spacial score (nSPS) is 10.7. The van der Waals surface area contributed by atoms with Gasteiger partial charge in [0.1, 0.15) is 0 Å². The van der Waals surface area contributed by atoms with Crippen LogP contribution < -0.4 is 5.32 Å². The van der Waals surface area contributed by atoms with E-state index in [4.69, 9.17) is 0 Å². The molecule has 6 heteroatoms. The highest BCUT2D eigenvalue weighted by Crippen LogP contribution is 2.24. The summed E-state index contributed by atoms with van der Waals surface area (Å²) < 4.78 is 5.84. The van der Waals surface area contributed by atoms with Crippen molar-refractivity contribution >= 4 is 39.1 Å². The van der Waals surface area contributed by atoms with E-state index in [1.165, 1.54) is 11.8 Å². The Kier molecular flexibility index (Phi) is 5.35. The predicted octanol–water partition coefficient (Wildman–Crippen LogP) is 4.93. The minimum absolute atomic E-state index is 0.236. The number of para-hydroxylation sites is 1. The van der Waals surface area contributed by atoms with Crippen molar-refractivity contribution in [2.24, 2.45) is 0 Å². The van der Waals surface area contributed by atoms with Crippen LogP contribution in [0.2, 0.25) is 0 Å². The second kappa shape index (κ2) is 8.24. The molecule has 1 aromatic heterocycles. The number of esters is 1. The Hall–Kier alpha value is -3.51. The number of anilines is 1. The van der Waals surface area contributed by atoms with Crippen LogP contribution in [0.5, 0.6) is 0 Å². The molecule has 0 saturated carbocycles. The average molecular weight is 402 g/mol. The molecule has 0 spiro atoms. The third kappa shape index (κ3) is 4.33. The Morgan fingerprint density at radius 2 is 1.62 bits per heavy atom. The van der Waals surface area contributed by atoms with Crippen LogP contribution in [0.25, 0.3) is 10.2 Å². The van der Waals surface area contributed by atoms with Crippen LogP contribution in [0.15, 0.2) is 72.8 Å². The molecule has 144 valence electrons. The monoisotopic (exact) mass is 402 g/mol. The highest BCUT2D eigenvalue weighted by Gasteiger charge is 2.10. The zero-order valence-electron chi connectivity index (χ0n) is 15.7. The number of ether oxygens (including phenoxy) is 1. The molecule has 0 saturated heterocycles. The van der Waals surface area contributed by atoms with Crippen LogP contribution >= 0.6 is 11.3 Å². The van der Waals surface area contributed by atoms with Gasteiger partial charge in [-0.25, -0.2) is 9.78 Å². The van der Waals surface area contributed by atoms with Gasteiger partial charge in [0.25, 0.3) is 5.91 Å². The molecule has 0 aliphatic heterocycles. The highest BCUT2D eigenvalue weighted by atomic mass is 32.1. The molecule has 1 amide bonds. The molecule has 1 N–H and O–H groups in total. The van der Waals surface area contributed by atoms with Gasteiger partial charge in [0, 0.05) is 17.7 Å². The van der Waals surface area contributed by atoms with Crippen molar-refractivity contribution < 1.29 is 14.3 Å². The van der Waals surface area contributed by atoms with E-state index in [1.54, 1.807) is 35.6 Å². The standard InChI is InChI=1S/C23H18N2O3S/c1-28-23(27)17-10-8-16(9-11-17)22(26)24-18-12-6-15(7-13-18)14-21-25-19-4-2-3-5-20(19)29-21/h2-13H,14H2,1H3,(H,24,26). The van der Waals surface area contributed by atoms with Crippen molar-refractivity contribution in [3.05, 3.63) is 94.5 Å². The number of carbonyl (C=O) groups is 2. The summed E-state index contributed by atoms with van der Waals surface area (Å²) in [4.78, 5) is 28.5. The van der Waals surface area contributed by atoms with Crippen molar-refractivity contribution in [3.63, 3.8) is 0 Å². The lowest BCUT2D eigenvalue weighted by Crippen LogP contribution is -2.12. The SMILES string of the molecule is COC(=O)c1ccc(C(=O)Nc2ccc(Cc3nc4ccccc4s3)cc2)cc1. The van der Waals surface area contributed by atoms with Crippen LogP contribution in [-0.4, -0.2) is 24.0 Å². The summed E-state index contributed by atoms with van der Waals surface area (Å²) in [5.74, 6) is -0.666. The molecular weight excluding hydrogens is 384 g/mol. The number of fused-ring (bicyclic) bond motifs is 1. The zero-order valence-corrected chi connectivity index (χ0v) is 16.5. The Morgan fingerprint density at radius 3 is 2.31 bits per heavy atom. The second-order valence-electron chi connectivity index (χ2n) is 6.47. The average Bonchev–Trinajstić information content (AvgIpc) is 3.17. The summed E-state index contributed by atoms with van der Waals surface area (Å²) in [6.07, 6.45) is 0.753. The molecule has 0 aliphatic rings. The van der Waals surface area contributed by atoms with E-state index in [0.29, 0.717) is 16.8 Å². The third-order valence-electron chi connectivity index (χ3n) is 4.47. The molecule has 4 rings (SSSR count). The van der Waals surface area contributed by atoms with Crippen molar-refractivity contribution in [1.82, 2.24) is 4.98 Å². The number of carbonyl (C=O) groups excluding carboxylic acids is 2. The van der Waals surface area contributed by atoms with Gasteiger partial charge in [-0.3, -0.25) is 4.79 Å². The van der Waals surface area contributed by atoms with Crippen molar-refractivity contribution in [3.8, 4) is 0 Å². The molecule has 5 nitrogen and oxygen atoms in total. The molecule has 0 fully saturated rings. The summed E-state index contributed by atoms with van der Waals surface area (Å²) in [5, 5.41) is 3.93. The topological polar surface area (TPSA) is 68.3 Å². The Bertz CT molecular complexity index is 1130. The largest absolute Gasteiger partial charge is 0.465 e. The first kappa shape index (κ1) is 18.8. The first-order valence-corrected chi connectivity index (χ1v) is 9.87. The Balaban J connectivity index is 1.41. The fourth-order valence-corrected chi connectivity index (χ4v) is 3.96. The fraction of sp³-hybridized carbons (Fsp3) is 0.0870. The molecule has 3 aromatic carbocycles. The van der Waals surface area contributed by atoms with E-state index >= 15 is 0 Å². The van der Waals surface area contributed by atoms with Gasteiger partial charge in [0.15, 0.2) is 0 Å². The summed E-state index contributed by atoms with van der Waals surface area (Å²) in [6.45, 7) is 0.